The molecule has 0 bridgehead atoms. The summed E-state index contributed by atoms with van der Waals surface area (Å²) in [5.41, 5.74) is 4.19. The summed E-state index contributed by atoms with van der Waals surface area (Å²) in [6.07, 6.45) is 0. The smallest absolute Gasteiger partial charge is 0.0784 e. The van der Waals surface area contributed by atoms with Crippen molar-refractivity contribution >= 4 is 34.8 Å². The maximum absolute atomic E-state index is 5.81. The van der Waals surface area contributed by atoms with Gasteiger partial charge < -0.3 is 0 Å². The largest absolute Gasteiger partial charge is 0.216 e. The van der Waals surface area contributed by atoms with Crippen LogP contribution in [0.15, 0.2) is 48.5 Å². The molecule has 0 fully saturated rings. The van der Waals surface area contributed by atoms with E-state index in [-0.39, 0.29) is 0 Å². The topological polar surface area (TPSA) is 0 Å². The molecule has 0 nitrogen and oxygen atoms in total. The van der Waals surface area contributed by atoms with Crippen LogP contribution >= 0.6 is 34.8 Å². The van der Waals surface area contributed by atoms with Gasteiger partial charge in [0.25, 0.3) is 0 Å². The van der Waals surface area contributed by atoms with E-state index in [2.05, 4.69) is 31.2 Å². The van der Waals surface area contributed by atoms with E-state index in [4.69, 9.17) is 34.8 Å². The fourth-order valence-electron chi connectivity index (χ4n) is 1.60. The quantitative estimate of drug-likeness (QED) is 0.608. The lowest BCUT2D eigenvalue weighted by molar-refractivity contribution is 1.24. The van der Waals surface area contributed by atoms with E-state index >= 15 is 0 Å². The number of rotatable bonds is 1. The summed E-state index contributed by atoms with van der Waals surface area (Å²) in [7, 11) is 0. The van der Waals surface area contributed by atoms with Crippen LogP contribution in [0.25, 0.3) is 11.1 Å². The van der Waals surface area contributed by atoms with Crippen molar-refractivity contribution < 1.29 is 0 Å². The molecule has 2 aromatic rings. The monoisotopic (exact) mass is 284 g/mol. The zero-order valence-electron chi connectivity index (χ0n) is 9.25. The summed E-state index contributed by atoms with van der Waals surface area (Å²) in [6, 6.07) is 15.9. The Morgan fingerprint density at radius 2 is 1.12 bits per heavy atom. The highest BCUT2D eigenvalue weighted by Crippen LogP contribution is 2.38. The second kappa shape index (κ2) is 4.89. The Bertz CT molecular complexity index is 492. The standard InChI is InChI=1S/C14H11Cl3/c1-10-2-4-11(5-3-10)12-6-8-13(9-7-12)14(15,16)17/h2-9H,1H3. The molecule has 0 aliphatic heterocycles. The minimum Gasteiger partial charge on any atom is -0.0784 e. The molecule has 0 heterocycles. The molecule has 0 amide bonds. The second-order valence-corrected chi connectivity index (χ2v) is 6.22. The average molecular weight is 286 g/mol. The Kier molecular flexibility index (Phi) is 3.67. The van der Waals surface area contributed by atoms with E-state index in [9.17, 15) is 0 Å². The molecule has 0 aromatic heterocycles. The zero-order chi connectivity index (χ0) is 12.5. The number of aryl methyl sites for hydroxylation is 1. The van der Waals surface area contributed by atoms with Crippen molar-refractivity contribution in [1.82, 2.24) is 0 Å². The van der Waals surface area contributed by atoms with E-state index in [1.54, 1.807) is 0 Å². The predicted molar refractivity (Wildman–Crippen MR) is 75.9 cm³/mol. The third-order valence-electron chi connectivity index (χ3n) is 2.60. The molecule has 0 radical (unpaired) electrons. The summed E-state index contributed by atoms with van der Waals surface area (Å²) in [6.45, 7) is 2.07. The van der Waals surface area contributed by atoms with Crippen molar-refractivity contribution in [3.63, 3.8) is 0 Å². The van der Waals surface area contributed by atoms with Gasteiger partial charge in [-0.25, -0.2) is 0 Å². The molecule has 2 aromatic carbocycles. The number of hydrogen-bond acceptors (Lipinski definition) is 0. The SMILES string of the molecule is Cc1ccc(-c2ccc(C(Cl)(Cl)Cl)cc2)cc1. The zero-order valence-corrected chi connectivity index (χ0v) is 11.5. The van der Waals surface area contributed by atoms with Crippen LogP contribution in [0.4, 0.5) is 0 Å². The van der Waals surface area contributed by atoms with Crippen LogP contribution in [-0.2, 0) is 3.79 Å². The van der Waals surface area contributed by atoms with Gasteiger partial charge in [0.2, 0.25) is 3.79 Å². The number of alkyl halides is 3. The first kappa shape index (κ1) is 12.8. The highest BCUT2D eigenvalue weighted by molar-refractivity contribution is 6.66. The molecule has 0 saturated heterocycles. The van der Waals surface area contributed by atoms with Gasteiger partial charge in [-0.3, -0.25) is 0 Å². The fraction of sp³-hybridized carbons (Fsp3) is 0.143. The van der Waals surface area contributed by atoms with Crippen molar-refractivity contribution in [2.75, 3.05) is 0 Å². The van der Waals surface area contributed by atoms with E-state index in [0.29, 0.717) is 5.56 Å². The molecule has 0 aliphatic carbocycles. The van der Waals surface area contributed by atoms with Gasteiger partial charge in [-0.1, -0.05) is 88.9 Å². The molecule has 0 atom stereocenters. The molecule has 88 valence electrons. The lowest BCUT2D eigenvalue weighted by Crippen LogP contribution is -1.98. The molecule has 3 heteroatoms. The molecule has 2 rings (SSSR count). The average Bonchev–Trinajstić information content (AvgIpc) is 2.29. The molecule has 0 N–H and O–H groups in total. The van der Waals surface area contributed by atoms with Gasteiger partial charge >= 0.3 is 0 Å². The van der Waals surface area contributed by atoms with E-state index in [1.807, 2.05) is 24.3 Å². The lowest BCUT2D eigenvalue weighted by Gasteiger charge is -2.11. The van der Waals surface area contributed by atoms with Crippen LogP contribution in [-0.4, -0.2) is 0 Å². The maximum Gasteiger partial charge on any atom is 0.216 e. The van der Waals surface area contributed by atoms with Gasteiger partial charge in [0.05, 0.1) is 0 Å². The van der Waals surface area contributed by atoms with Crippen molar-refractivity contribution in [3.8, 4) is 11.1 Å². The third-order valence-corrected chi connectivity index (χ3v) is 3.25. The van der Waals surface area contributed by atoms with Crippen molar-refractivity contribution in [2.45, 2.75) is 10.7 Å². The number of benzene rings is 2. The van der Waals surface area contributed by atoms with Gasteiger partial charge in [0.15, 0.2) is 0 Å². The second-order valence-electron chi connectivity index (χ2n) is 3.94. The molecule has 0 unspecified atom stereocenters. The third kappa shape index (κ3) is 3.16. The molecule has 0 spiro atoms. The van der Waals surface area contributed by atoms with Crippen LogP contribution in [0.1, 0.15) is 11.1 Å². The van der Waals surface area contributed by atoms with Crippen LogP contribution in [0.5, 0.6) is 0 Å². The first-order chi connectivity index (χ1) is 7.97. The van der Waals surface area contributed by atoms with E-state index in [1.165, 1.54) is 5.56 Å². The number of halogens is 3. The van der Waals surface area contributed by atoms with Crippen molar-refractivity contribution in [1.29, 1.82) is 0 Å². The first-order valence-electron chi connectivity index (χ1n) is 5.21. The number of hydrogen-bond donors (Lipinski definition) is 0. The Balaban J connectivity index is 2.33. The van der Waals surface area contributed by atoms with Gasteiger partial charge in [-0.15, -0.1) is 0 Å². The molecular weight excluding hydrogens is 275 g/mol. The molecular formula is C14H11Cl3. The Labute approximate surface area is 116 Å². The lowest BCUT2D eigenvalue weighted by atomic mass is 10.0. The predicted octanol–water partition coefficient (Wildman–Crippen LogP) is 5.49. The van der Waals surface area contributed by atoms with Crippen LogP contribution in [0, 0.1) is 6.92 Å². The van der Waals surface area contributed by atoms with E-state index in [0.717, 1.165) is 11.1 Å². The van der Waals surface area contributed by atoms with Crippen molar-refractivity contribution in [2.24, 2.45) is 0 Å². The van der Waals surface area contributed by atoms with Gasteiger partial charge in [-0.2, -0.15) is 0 Å². The summed E-state index contributed by atoms with van der Waals surface area (Å²) in [4.78, 5) is 0. The fourth-order valence-corrected chi connectivity index (χ4v) is 1.98. The minimum atomic E-state index is -1.36. The maximum atomic E-state index is 5.81. The Morgan fingerprint density at radius 1 is 0.706 bits per heavy atom. The van der Waals surface area contributed by atoms with E-state index < -0.39 is 3.79 Å². The Hall–Kier alpha value is -0.690. The summed E-state index contributed by atoms with van der Waals surface area (Å²) in [5, 5.41) is 0. The Morgan fingerprint density at radius 3 is 1.53 bits per heavy atom. The summed E-state index contributed by atoms with van der Waals surface area (Å²) >= 11 is 17.4. The minimum absolute atomic E-state index is 0.679. The molecule has 0 saturated carbocycles. The van der Waals surface area contributed by atoms with Crippen LogP contribution < -0.4 is 0 Å². The molecule has 17 heavy (non-hydrogen) atoms. The van der Waals surface area contributed by atoms with Gasteiger partial charge in [0.1, 0.15) is 0 Å². The normalized spacial score (nSPS) is 11.5. The summed E-state index contributed by atoms with van der Waals surface area (Å²) in [5.74, 6) is 0. The highest BCUT2D eigenvalue weighted by Gasteiger charge is 2.22. The van der Waals surface area contributed by atoms with Gasteiger partial charge in [0, 0.05) is 5.56 Å². The van der Waals surface area contributed by atoms with Gasteiger partial charge in [-0.05, 0) is 18.1 Å². The first-order valence-corrected chi connectivity index (χ1v) is 6.34. The van der Waals surface area contributed by atoms with Crippen molar-refractivity contribution in [3.05, 3.63) is 59.7 Å². The summed E-state index contributed by atoms with van der Waals surface area (Å²) < 4.78 is -1.36. The highest BCUT2D eigenvalue weighted by atomic mass is 35.6. The molecule has 0 aliphatic rings. The van der Waals surface area contributed by atoms with Crippen LogP contribution in [0.3, 0.4) is 0 Å². The van der Waals surface area contributed by atoms with Crippen LogP contribution in [0.2, 0.25) is 0 Å².